The van der Waals surface area contributed by atoms with Crippen LogP contribution in [0.2, 0.25) is 0 Å². The Morgan fingerprint density at radius 3 is 2.38 bits per heavy atom. The van der Waals surface area contributed by atoms with Gasteiger partial charge >= 0.3 is 5.97 Å². The largest absolute Gasteiger partial charge is 0.481 e. The summed E-state index contributed by atoms with van der Waals surface area (Å²) in [5, 5.41) is 12.4. The van der Waals surface area contributed by atoms with E-state index in [0.717, 1.165) is 27.8 Å². The van der Waals surface area contributed by atoms with Gasteiger partial charge in [-0.1, -0.05) is 51.1 Å². The SMILES string of the molecule is Cc1cc(C)c(NC(=O)C2c3ccccc3CCN2C(=O)C(C)(C)C)c(C)c1CC(=O)O. The van der Waals surface area contributed by atoms with E-state index in [-0.39, 0.29) is 18.2 Å². The molecule has 0 aliphatic carbocycles. The van der Waals surface area contributed by atoms with Crippen LogP contribution < -0.4 is 5.32 Å². The molecule has 6 heteroatoms. The summed E-state index contributed by atoms with van der Waals surface area (Å²) in [6.45, 7) is 11.7. The zero-order valence-electron chi connectivity index (χ0n) is 19.7. The predicted molar refractivity (Wildman–Crippen MR) is 125 cm³/mol. The van der Waals surface area contributed by atoms with E-state index in [1.807, 2.05) is 71.9 Å². The number of nitrogens with one attached hydrogen (secondary N) is 1. The summed E-state index contributed by atoms with van der Waals surface area (Å²) >= 11 is 0. The third-order valence-corrected chi connectivity index (χ3v) is 6.14. The van der Waals surface area contributed by atoms with Gasteiger partial charge in [-0.2, -0.15) is 0 Å². The highest BCUT2D eigenvalue weighted by Gasteiger charge is 2.39. The van der Waals surface area contributed by atoms with Crippen molar-refractivity contribution in [3.8, 4) is 0 Å². The molecule has 32 heavy (non-hydrogen) atoms. The summed E-state index contributed by atoms with van der Waals surface area (Å²) in [4.78, 5) is 39.9. The molecule has 0 fully saturated rings. The minimum absolute atomic E-state index is 0.0731. The van der Waals surface area contributed by atoms with Crippen LogP contribution in [-0.2, 0) is 27.2 Å². The minimum Gasteiger partial charge on any atom is -0.481 e. The first-order chi connectivity index (χ1) is 14.9. The fourth-order valence-corrected chi connectivity index (χ4v) is 4.53. The molecule has 0 bridgehead atoms. The van der Waals surface area contributed by atoms with Crippen LogP contribution in [0.25, 0.3) is 0 Å². The number of carbonyl (C=O) groups excluding carboxylic acids is 2. The smallest absolute Gasteiger partial charge is 0.307 e. The quantitative estimate of drug-likeness (QED) is 0.746. The number of benzene rings is 2. The molecule has 0 radical (unpaired) electrons. The maximum Gasteiger partial charge on any atom is 0.307 e. The van der Waals surface area contributed by atoms with Crippen LogP contribution >= 0.6 is 0 Å². The number of nitrogens with zero attached hydrogens (tertiary/aromatic N) is 1. The molecule has 1 aliphatic heterocycles. The lowest BCUT2D eigenvalue weighted by Crippen LogP contribution is -2.49. The number of carboxylic acids is 1. The molecule has 0 saturated carbocycles. The lowest BCUT2D eigenvalue weighted by atomic mass is 9.87. The molecular weight excluding hydrogens is 404 g/mol. The molecule has 1 heterocycles. The first-order valence-electron chi connectivity index (χ1n) is 10.9. The zero-order valence-corrected chi connectivity index (χ0v) is 19.7. The van der Waals surface area contributed by atoms with Gasteiger partial charge < -0.3 is 15.3 Å². The van der Waals surface area contributed by atoms with Gasteiger partial charge in [-0.3, -0.25) is 14.4 Å². The Kier molecular flexibility index (Phi) is 6.44. The third-order valence-electron chi connectivity index (χ3n) is 6.14. The predicted octanol–water partition coefficient (Wildman–Crippen LogP) is 4.35. The number of rotatable bonds is 4. The summed E-state index contributed by atoms with van der Waals surface area (Å²) in [6.07, 6.45) is 0.592. The normalized spacial score (nSPS) is 15.8. The summed E-state index contributed by atoms with van der Waals surface area (Å²) in [5.41, 5.74) is 5.09. The van der Waals surface area contributed by atoms with E-state index in [0.29, 0.717) is 24.2 Å². The number of hydrogen-bond acceptors (Lipinski definition) is 3. The van der Waals surface area contributed by atoms with Gasteiger partial charge in [0.25, 0.3) is 5.91 Å². The summed E-state index contributed by atoms with van der Waals surface area (Å²) < 4.78 is 0. The second kappa shape index (κ2) is 8.77. The van der Waals surface area contributed by atoms with Gasteiger partial charge in [-0.25, -0.2) is 0 Å². The molecular formula is C26H32N2O4. The highest BCUT2D eigenvalue weighted by molar-refractivity contribution is 6.00. The second-order valence-electron chi connectivity index (χ2n) is 9.65. The zero-order chi connectivity index (χ0) is 23.8. The fraction of sp³-hybridized carbons (Fsp3) is 0.423. The molecule has 3 rings (SSSR count). The lowest BCUT2D eigenvalue weighted by molar-refractivity contribution is -0.146. The maximum atomic E-state index is 13.7. The van der Waals surface area contributed by atoms with Crippen LogP contribution in [0.15, 0.2) is 30.3 Å². The van der Waals surface area contributed by atoms with E-state index in [4.69, 9.17) is 0 Å². The van der Waals surface area contributed by atoms with E-state index in [1.54, 1.807) is 4.90 Å². The van der Waals surface area contributed by atoms with E-state index in [1.165, 1.54) is 0 Å². The Morgan fingerprint density at radius 1 is 1.09 bits per heavy atom. The van der Waals surface area contributed by atoms with E-state index < -0.39 is 17.4 Å². The number of anilines is 1. The van der Waals surface area contributed by atoms with Crippen LogP contribution in [0.4, 0.5) is 5.69 Å². The van der Waals surface area contributed by atoms with E-state index in [2.05, 4.69) is 5.32 Å². The van der Waals surface area contributed by atoms with Crippen molar-refractivity contribution in [1.29, 1.82) is 0 Å². The first kappa shape index (κ1) is 23.5. The average molecular weight is 437 g/mol. The second-order valence-corrected chi connectivity index (χ2v) is 9.65. The maximum absolute atomic E-state index is 13.7. The van der Waals surface area contributed by atoms with Crippen molar-refractivity contribution < 1.29 is 19.5 Å². The number of aryl methyl sites for hydroxylation is 2. The number of carboxylic acid groups (broad SMARTS) is 1. The van der Waals surface area contributed by atoms with Crippen molar-refractivity contribution in [3.05, 3.63) is 63.7 Å². The standard InChI is InChI=1S/C26H32N2O4/c1-15-13-16(2)22(17(3)20(15)14-21(29)30)27-24(31)23-19-10-8-7-9-18(19)11-12-28(23)25(32)26(4,5)6/h7-10,13,23H,11-12,14H2,1-6H3,(H,27,31)(H,29,30). The Hall–Kier alpha value is -3.15. The highest BCUT2D eigenvalue weighted by atomic mass is 16.4. The topological polar surface area (TPSA) is 86.7 Å². The molecule has 0 saturated heterocycles. The van der Waals surface area contributed by atoms with Gasteiger partial charge in [0, 0.05) is 17.6 Å². The van der Waals surface area contributed by atoms with Crippen molar-refractivity contribution in [2.24, 2.45) is 5.41 Å². The first-order valence-corrected chi connectivity index (χ1v) is 10.9. The number of hydrogen-bond donors (Lipinski definition) is 2. The molecule has 6 nitrogen and oxygen atoms in total. The van der Waals surface area contributed by atoms with Gasteiger partial charge in [0.2, 0.25) is 5.91 Å². The number of carbonyl (C=O) groups is 3. The Morgan fingerprint density at radius 2 is 1.75 bits per heavy atom. The molecule has 2 N–H and O–H groups in total. The van der Waals surface area contributed by atoms with Crippen molar-refractivity contribution in [2.45, 2.75) is 60.4 Å². The van der Waals surface area contributed by atoms with Gasteiger partial charge in [0.15, 0.2) is 0 Å². The van der Waals surface area contributed by atoms with Crippen LogP contribution in [0.5, 0.6) is 0 Å². The third kappa shape index (κ3) is 4.54. The molecule has 1 unspecified atom stereocenters. The fourth-order valence-electron chi connectivity index (χ4n) is 4.53. The Labute approximate surface area is 189 Å². The molecule has 2 aromatic rings. The number of aliphatic carboxylic acids is 1. The number of fused-ring (bicyclic) bond motifs is 1. The molecule has 1 aliphatic rings. The van der Waals surface area contributed by atoms with Crippen molar-refractivity contribution >= 4 is 23.5 Å². The van der Waals surface area contributed by atoms with Gasteiger partial charge in [-0.05, 0) is 60.6 Å². The van der Waals surface area contributed by atoms with Crippen LogP contribution in [0, 0.1) is 26.2 Å². The summed E-state index contributed by atoms with van der Waals surface area (Å²) in [5.74, 6) is -1.28. The molecule has 0 spiro atoms. The monoisotopic (exact) mass is 436 g/mol. The Bertz CT molecular complexity index is 1080. The highest BCUT2D eigenvalue weighted by Crippen LogP contribution is 2.35. The van der Waals surface area contributed by atoms with Crippen LogP contribution in [0.3, 0.4) is 0 Å². The molecule has 2 aromatic carbocycles. The Balaban J connectivity index is 2.04. The van der Waals surface area contributed by atoms with E-state index in [9.17, 15) is 19.5 Å². The summed E-state index contributed by atoms with van der Waals surface area (Å²) in [7, 11) is 0. The molecule has 0 aromatic heterocycles. The van der Waals surface area contributed by atoms with Crippen LogP contribution in [0.1, 0.15) is 60.2 Å². The average Bonchev–Trinajstić information content (AvgIpc) is 2.71. The van der Waals surface area contributed by atoms with Crippen molar-refractivity contribution in [1.82, 2.24) is 4.90 Å². The van der Waals surface area contributed by atoms with Gasteiger partial charge in [0.1, 0.15) is 6.04 Å². The lowest BCUT2D eigenvalue weighted by Gasteiger charge is -2.39. The van der Waals surface area contributed by atoms with Gasteiger partial charge in [0.05, 0.1) is 6.42 Å². The molecule has 2 amide bonds. The van der Waals surface area contributed by atoms with Crippen LogP contribution in [-0.4, -0.2) is 34.3 Å². The van der Waals surface area contributed by atoms with E-state index >= 15 is 0 Å². The number of amides is 2. The molecule has 170 valence electrons. The minimum atomic E-state index is -0.916. The molecule has 1 atom stereocenters. The van der Waals surface area contributed by atoms with Gasteiger partial charge in [-0.15, -0.1) is 0 Å². The van der Waals surface area contributed by atoms with Crippen molar-refractivity contribution in [2.75, 3.05) is 11.9 Å². The summed E-state index contributed by atoms with van der Waals surface area (Å²) in [6, 6.07) is 8.90. The van der Waals surface area contributed by atoms with Crippen molar-refractivity contribution in [3.63, 3.8) is 0 Å².